The number of rotatable bonds is 2. The van der Waals surface area contributed by atoms with E-state index in [0.29, 0.717) is 0 Å². The zero-order valence-corrected chi connectivity index (χ0v) is 8.41. The highest BCUT2D eigenvalue weighted by atomic mass is 16.7. The van der Waals surface area contributed by atoms with E-state index >= 15 is 0 Å². The number of hydroxylamine groups is 1. The zero-order valence-electron chi connectivity index (χ0n) is 8.41. The van der Waals surface area contributed by atoms with E-state index in [2.05, 4.69) is 26.3 Å². The van der Waals surface area contributed by atoms with Crippen LogP contribution in [0.25, 0.3) is 0 Å². The second-order valence-electron chi connectivity index (χ2n) is 3.58. The number of amides is 3. The average Bonchev–Trinajstić information content (AvgIpc) is 2.65. The molecule has 0 aliphatic carbocycles. The van der Waals surface area contributed by atoms with Crippen LogP contribution in [0.3, 0.4) is 0 Å². The second-order valence-corrected chi connectivity index (χ2v) is 3.58. The van der Waals surface area contributed by atoms with E-state index in [4.69, 9.17) is 0 Å². The molecule has 2 fully saturated rings. The summed E-state index contributed by atoms with van der Waals surface area (Å²) in [6, 6.07) is -1.17. The van der Waals surface area contributed by atoms with E-state index in [1.54, 1.807) is 0 Å². The van der Waals surface area contributed by atoms with Crippen LogP contribution in [-0.4, -0.2) is 49.5 Å². The van der Waals surface area contributed by atoms with Crippen molar-refractivity contribution >= 4 is 17.7 Å². The minimum absolute atomic E-state index is 0.103. The first kappa shape index (κ1) is 10.8. The normalized spacial score (nSPS) is 29.5. The number of hydrogen-bond acceptors (Lipinski definition) is 5. The monoisotopic (exact) mass is 228 g/mol. The van der Waals surface area contributed by atoms with Crippen molar-refractivity contribution in [2.24, 2.45) is 0 Å². The van der Waals surface area contributed by atoms with Gasteiger partial charge in [-0.3, -0.25) is 24.5 Å². The first-order valence-electron chi connectivity index (χ1n) is 4.89. The third-order valence-corrected chi connectivity index (χ3v) is 2.38. The molecule has 2 rings (SSSR count). The minimum atomic E-state index is -0.660. The summed E-state index contributed by atoms with van der Waals surface area (Å²) in [7, 11) is 0. The van der Waals surface area contributed by atoms with Crippen LogP contribution in [0.1, 0.15) is 0 Å². The highest BCUT2D eigenvalue weighted by Crippen LogP contribution is 1.96. The summed E-state index contributed by atoms with van der Waals surface area (Å²) < 4.78 is 0. The van der Waals surface area contributed by atoms with Crippen molar-refractivity contribution in [2.75, 3.05) is 19.7 Å². The van der Waals surface area contributed by atoms with Crippen molar-refractivity contribution < 1.29 is 19.2 Å². The van der Waals surface area contributed by atoms with Crippen LogP contribution < -0.4 is 21.4 Å². The molecule has 4 N–H and O–H groups in total. The number of carbonyl (C=O) groups is 3. The summed E-state index contributed by atoms with van der Waals surface area (Å²) in [6.07, 6.45) is 0. The van der Waals surface area contributed by atoms with Crippen molar-refractivity contribution in [2.45, 2.75) is 12.1 Å². The lowest BCUT2D eigenvalue weighted by atomic mass is 10.2. The highest BCUT2D eigenvalue weighted by Gasteiger charge is 2.31. The van der Waals surface area contributed by atoms with Crippen LogP contribution in [0.2, 0.25) is 0 Å². The topological polar surface area (TPSA) is 109 Å². The Morgan fingerprint density at radius 2 is 2.25 bits per heavy atom. The van der Waals surface area contributed by atoms with Gasteiger partial charge in [-0.25, -0.2) is 5.48 Å². The van der Waals surface area contributed by atoms with E-state index in [-0.39, 0.29) is 37.4 Å². The Kier molecular flexibility index (Phi) is 3.02. The zero-order chi connectivity index (χ0) is 11.5. The largest absolute Gasteiger partial charge is 0.353 e. The van der Waals surface area contributed by atoms with Crippen molar-refractivity contribution in [1.29, 1.82) is 0 Å². The van der Waals surface area contributed by atoms with Gasteiger partial charge in [0.2, 0.25) is 11.8 Å². The Morgan fingerprint density at radius 1 is 1.44 bits per heavy atom. The first-order valence-corrected chi connectivity index (χ1v) is 4.89. The van der Waals surface area contributed by atoms with Gasteiger partial charge >= 0.3 is 0 Å². The van der Waals surface area contributed by atoms with Gasteiger partial charge in [0.15, 0.2) is 0 Å². The van der Waals surface area contributed by atoms with Crippen molar-refractivity contribution in [3.63, 3.8) is 0 Å². The summed E-state index contributed by atoms with van der Waals surface area (Å²) >= 11 is 0. The van der Waals surface area contributed by atoms with Gasteiger partial charge in [-0.15, -0.1) is 0 Å². The fourth-order valence-corrected chi connectivity index (χ4v) is 1.47. The summed E-state index contributed by atoms with van der Waals surface area (Å²) in [6.45, 7) is 0.439. The van der Waals surface area contributed by atoms with Crippen LogP contribution in [0.5, 0.6) is 0 Å². The summed E-state index contributed by atoms with van der Waals surface area (Å²) in [5.74, 6) is -0.843. The molecular formula is C8H12N4O4. The molecule has 1 unspecified atom stereocenters. The first-order chi connectivity index (χ1) is 7.66. The molecule has 0 bridgehead atoms. The quantitative estimate of drug-likeness (QED) is 0.394. The highest BCUT2D eigenvalue weighted by molar-refractivity contribution is 5.91. The Morgan fingerprint density at radius 3 is 2.81 bits per heavy atom. The molecule has 2 atom stereocenters. The van der Waals surface area contributed by atoms with E-state index < -0.39 is 12.1 Å². The van der Waals surface area contributed by atoms with E-state index in [9.17, 15) is 14.4 Å². The lowest BCUT2D eigenvalue weighted by Crippen LogP contribution is -2.59. The van der Waals surface area contributed by atoms with Gasteiger partial charge < -0.3 is 10.6 Å². The molecule has 0 radical (unpaired) electrons. The Labute approximate surface area is 91.0 Å². The maximum atomic E-state index is 11.6. The van der Waals surface area contributed by atoms with Gasteiger partial charge in [0, 0.05) is 6.54 Å². The van der Waals surface area contributed by atoms with Crippen molar-refractivity contribution in [1.82, 2.24) is 21.4 Å². The predicted octanol–water partition coefficient (Wildman–Crippen LogP) is -3.38. The van der Waals surface area contributed by atoms with E-state index in [0.717, 1.165) is 0 Å². The van der Waals surface area contributed by atoms with Crippen LogP contribution in [-0.2, 0) is 19.2 Å². The Bertz CT molecular complexity index is 322. The van der Waals surface area contributed by atoms with Crippen molar-refractivity contribution in [3.05, 3.63) is 0 Å². The summed E-state index contributed by atoms with van der Waals surface area (Å²) in [4.78, 5) is 38.3. The number of piperazine rings is 1. The molecular weight excluding hydrogens is 216 g/mol. The number of hydrogen-bond donors (Lipinski definition) is 4. The van der Waals surface area contributed by atoms with Crippen LogP contribution in [0, 0.1) is 0 Å². The molecule has 16 heavy (non-hydrogen) atoms. The van der Waals surface area contributed by atoms with Crippen LogP contribution >= 0.6 is 0 Å². The standard InChI is InChI=1S/C8H12N4O4/c13-6-2-9-4(1-10-6)7(14)11-5-3-16-12-8(5)15/h4-5,9H,1-3H2,(H,10,13)(H,11,14)(H,12,15)/t4?,5-/m1/s1. The maximum Gasteiger partial charge on any atom is 0.268 e. The molecule has 8 nitrogen and oxygen atoms in total. The molecule has 2 saturated heterocycles. The van der Waals surface area contributed by atoms with Crippen LogP contribution in [0.4, 0.5) is 0 Å². The molecule has 2 heterocycles. The SMILES string of the molecule is O=C1CNC(C(=O)N[C@@H]2CONC2=O)CN1. The second kappa shape index (κ2) is 4.45. The molecule has 0 aromatic heterocycles. The van der Waals surface area contributed by atoms with Gasteiger partial charge in [0.1, 0.15) is 18.7 Å². The third-order valence-electron chi connectivity index (χ3n) is 2.38. The lowest BCUT2D eigenvalue weighted by molar-refractivity contribution is -0.130. The molecule has 3 amide bonds. The van der Waals surface area contributed by atoms with E-state index in [1.165, 1.54) is 0 Å². The van der Waals surface area contributed by atoms with Gasteiger partial charge in [-0.2, -0.15) is 0 Å². The molecule has 8 heteroatoms. The van der Waals surface area contributed by atoms with Gasteiger partial charge in [-0.05, 0) is 0 Å². The minimum Gasteiger partial charge on any atom is -0.353 e. The Balaban J connectivity index is 1.83. The molecule has 2 aliphatic rings. The predicted molar refractivity (Wildman–Crippen MR) is 50.8 cm³/mol. The Hall–Kier alpha value is -1.67. The molecule has 88 valence electrons. The van der Waals surface area contributed by atoms with Gasteiger partial charge in [-0.1, -0.05) is 0 Å². The molecule has 0 aromatic rings. The van der Waals surface area contributed by atoms with E-state index in [1.807, 2.05) is 0 Å². The molecule has 0 aromatic carbocycles. The lowest BCUT2D eigenvalue weighted by Gasteiger charge is -2.23. The number of nitrogens with one attached hydrogen (secondary N) is 4. The van der Waals surface area contributed by atoms with Crippen molar-refractivity contribution in [3.8, 4) is 0 Å². The third kappa shape index (κ3) is 2.28. The average molecular weight is 228 g/mol. The smallest absolute Gasteiger partial charge is 0.268 e. The fourth-order valence-electron chi connectivity index (χ4n) is 1.47. The molecule has 0 spiro atoms. The van der Waals surface area contributed by atoms with Gasteiger partial charge in [0.05, 0.1) is 6.54 Å². The molecule has 0 saturated carbocycles. The number of carbonyl (C=O) groups excluding carboxylic acids is 3. The molecule has 2 aliphatic heterocycles. The summed E-state index contributed by atoms with van der Waals surface area (Å²) in [5.41, 5.74) is 2.14. The summed E-state index contributed by atoms with van der Waals surface area (Å²) in [5, 5.41) is 7.84. The maximum absolute atomic E-state index is 11.6. The van der Waals surface area contributed by atoms with Gasteiger partial charge in [0.25, 0.3) is 5.91 Å². The van der Waals surface area contributed by atoms with Crippen LogP contribution in [0.15, 0.2) is 0 Å². The fraction of sp³-hybridized carbons (Fsp3) is 0.625.